The zero-order chi connectivity index (χ0) is 20.3. The van der Waals surface area contributed by atoms with Crippen LogP contribution in [0.25, 0.3) is 0 Å². The van der Waals surface area contributed by atoms with E-state index < -0.39 is 21.3 Å². The van der Waals surface area contributed by atoms with E-state index in [4.69, 9.17) is 23.2 Å². The fraction of sp³-hybridized carbons (Fsp3) is 0.400. The van der Waals surface area contributed by atoms with Crippen LogP contribution < -0.4 is 4.72 Å². The van der Waals surface area contributed by atoms with E-state index in [1.807, 2.05) is 30.3 Å². The van der Waals surface area contributed by atoms with Gasteiger partial charge in [0.05, 0.1) is 27.4 Å². The van der Waals surface area contributed by atoms with E-state index in [-0.39, 0.29) is 6.10 Å². The van der Waals surface area contributed by atoms with E-state index in [9.17, 15) is 13.5 Å². The van der Waals surface area contributed by atoms with Crippen LogP contribution in [0.4, 0.5) is 0 Å². The summed E-state index contributed by atoms with van der Waals surface area (Å²) in [6.45, 7) is 3.42. The minimum absolute atomic E-state index is 0.326. The van der Waals surface area contributed by atoms with Crippen molar-refractivity contribution in [2.45, 2.75) is 30.7 Å². The average molecular weight is 443 g/mol. The highest BCUT2D eigenvalue weighted by atomic mass is 35.5. The number of sulfonamides is 1. The maximum atomic E-state index is 13.1. The summed E-state index contributed by atoms with van der Waals surface area (Å²) in [6, 6.07) is 13.9. The molecule has 1 saturated heterocycles. The third-order valence-corrected chi connectivity index (χ3v) is 7.63. The molecule has 3 unspecified atom stereocenters. The lowest BCUT2D eigenvalue weighted by atomic mass is 10.1. The van der Waals surface area contributed by atoms with E-state index >= 15 is 0 Å². The van der Waals surface area contributed by atoms with Crippen LogP contribution in [0.5, 0.6) is 0 Å². The van der Waals surface area contributed by atoms with Crippen LogP contribution in [0.1, 0.15) is 35.8 Å². The van der Waals surface area contributed by atoms with E-state index in [1.54, 1.807) is 25.1 Å². The number of nitrogens with zero attached hydrogens (tertiary/aromatic N) is 1. The van der Waals surface area contributed by atoms with E-state index in [0.717, 1.165) is 12.1 Å². The highest BCUT2D eigenvalue weighted by Gasteiger charge is 2.30. The molecule has 0 saturated carbocycles. The van der Waals surface area contributed by atoms with Crippen molar-refractivity contribution >= 4 is 33.2 Å². The van der Waals surface area contributed by atoms with Crippen LogP contribution in [0.3, 0.4) is 0 Å². The summed E-state index contributed by atoms with van der Waals surface area (Å²) in [5.41, 5.74) is 1.46. The van der Waals surface area contributed by atoms with Crippen molar-refractivity contribution in [2.24, 2.45) is 0 Å². The van der Waals surface area contributed by atoms with Crippen molar-refractivity contribution < 1.29 is 13.5 Å². The number of likely N-dealkylation sites (tertiary alicyclic amines) is 1. The second-order valence-corrected chi connectivity index (χ2v) is 9.99. The van der Waals surface area contributed by atoms with Gasteiger partial charge in [0, 0.05) is 19.6 Å². The van der Waals surface area contributed by atoms with Crippen molar-refractivity contribution in [3.8, 4) is 0 Å². The third-order valence-electron chi connectivity index (χ3n) is 5.08. The van der Waals surface area contributed by atoms with E-state index in [1.165, 1.54) is 0 Å². The van der Waals surface area contributed by atoms with E-state index in [2.05, 4.69) is 9.62 Å². The smallest absolute Gasteiger partial charge is 0.219 e. The van der Waals surface area contributed by atoms with Crippen molar-refractivity contribution in [1.29, 1.82) is 0 Å². The standard InChI is InChI=1S/C20H24Cl2N2O3S/c1-14(16-7-8-18(21)19(22)11-16)28(26,27)23-20(15-5-3-2-4-6-15)13-24-10-9-17(25)12-24/h2-8,11,14,17,20,23,25H,9-10,12-13H2,1H3. The number of benzene rings is 2. The van der Waals surface area contributed by atoms with Gasteiger partial charge in [0.25, 0.3) is 0 Å². The molecule has 0 bridgehead atoms. The molecule has 0 amide bonds. The van der Waals surface area contributed by atoms with Crippen molar-refractivity contribution in [1.82, 2.24) is 9.62 Å². The molecule has 28 heavy (non-hydrogen) atoms. The molecule has 2 N–H and O–H groups in total. The number of rotatable bonds is 7. The SMILES string of the molecule is CC(c1ccc(Cl)c(Cl)c1)S(=O)(=O)NC(CN1CCC(O)C1)c1ccccc1. The fourth-order valence-electron chi connectivity index (χ4n) is 3.38. The van der Waals surface area contributed by atoms with Crippen LogP contribution >= 0.6 is 23.2 Å². The molecule has 3 rings (SSSR count). The van der Waals surface area contributed by atoms with Gasteiger partial charge in [0.15, 0.2) is 0 Å². The van der Waals surface area contributed by atoms with Crippen molar-refractivity contribution in [3.63, 3.8) is 0 Å². The molecule has 1 aliphatic heterocycles. The molecule has 8 heteroatoms. The summed E-state index contributed by atoms with van der Waals surface area (Å²) in [6.07, 6.45) is 0.344. The summed E-state index contributed by atoms with van der Waals surface area (Å²) < 4.78 is 29.0. The van der Waals surface area contributed by atoms with Crippen LogP contribution in [0, 0.1) is 0 Å². The van der Waals surface area contributed by atoms with Crippen LogP contribution in [-0.4, -0.2) is 44.2 Å². The second kappa shape index (κ2) is 9.11. The zero-order valence-corrected chi connectivity index (χ0v) is 17.9. The Hall–Kier alpha value is -1.15. The van der Waals surface area contributed by atoms with Crippen molar-refractivity contribution in [3.05, 3.63) is 69.7 Å². The van der Waals surface area contributed by atoms with Gasteiger partial charge in [-0.15, -0.1) is 0 Å². The van der Waals surface area contributed by atoms with Gasteiger partial charge in [0.2, 0.25) is 10.0 Å². The van der Waals surface area contributed by atoms with Gasteiger partial charge in [-0.3, -0.25) is 4.90 Å². The highest BCUT2D eigenvalue weighted by Crippen LogP contribution is 2.30. The Kier molecular flexibility index (Phi) is 7.02. The van der Waals surface area contributed by atoms with Gasteiger partial charge in [-0.1, -0.05) is 59.6 Å². The first-order chi connectivity index (χ1) is 13.3. The first kappa shape index (κ1) is 21.6. The second-order valence-electron chi connectivity index (χ2n) is 7.14. The maximum Gasteiger partial charge on any atom is 0.219 e. The number of aliphatic hydroxyl groups is 1. The predicted molar refractivity (Wildman–Crippen MR) is 113 cm³/mol. The molecule has 5 nitrogen and oxygen atoms in total. The van der Waals surface area contributed by atoms with Gasteiger partial charge in [-0.05, 0) is 36.6 Å². The van der Waals surface area contributed by atoms with Gasteiger partial charge in [-0.25, -0.2) is 13.1 Å². The third kappa shape index (κ3) is 5.26. The highest BCUT2D eigenvalue weighted by molar-refractivity contribution is 7.89. The number of aliphatic hydroxyl groups excluding tert-OH is 1. The Balaban J connectivity index is 1.82. The lowest BCUT2D eigenvalue weighted by Gasteiger charge is -2.26. The van der Waals surface area contributed by atoms with Crippen LogP contribution in [0.2, 0.25) is 10.0 Å². The lowest BCUT2D eigenvalue weighted by Crippen LogP contribution is -2.39. The Morgan fingerprint density at radius 3 is 2.46 bits per heavy atom. The average Bonchev–Trinajstić information content (AvgIpc) is 3.08. The summed E-state index contributed by atoms with van der Waals surface area (Å²) in [7, 11) is -3.69. The monoisotopic (exact) mass is 442 g/mol. The minimum atomic E-state index is -3.69. The van der Waals surface area contributed by atoms with E-state index in [0.29, 0.717) is 35.1 Å². The largest absolute Gasteiger partial charge is 0.392 e. The molecule has 1 heterocycles. The summed E-state index contributed by atoms with van der Waals surface area (Å²) in [5, 5.41) is 9.72. The fourth-order valence-corrected chi connectivity index (χ4v) is 5.00. The molecule has 3 atom stereocenters. The molecule has 0 aromatic heterocycles. The molecule has 1 fully saturated rings. The Morgan fingerprint density at radius 1 is 1.14 bits per heavy atom. The zero-order valence-electron chi connectivity index (χ0n) is 15.6. The Bertz CT molecular complexity index is 909. The quantitative estimate of drug-likeness (QED) is 0.684. The summed E-state index contributed by atoms with van der Waals surface area (Å²) in [5.74, 6) is 0. The van der Waals surface area contributed by atoms with Gasteiger partial charge in [0.1, 0.15) is 0 Å². The predicted octanol–water partition coefficient (Wildman–Crippen LogP) is 3.78. The Labute approximate surface area is 176 Å². The summed E-state index contributed by atoms with van der Waals surface area (Å²) >= 11 is 12.0. The number of β-amino-alcohol motifs (C(OH)–C–C–N with tert-alkyl or cyclic N) is 1. The van der Waals surface area contributed by atoms with Gasteiger partial charge in [-0.2, -0.15) is 0 Å². The molecule has 152 valence electrons. The summed E-state index contributed by atoms with van der Waals surface area (Å²) in [4.78, 5) is 2.08. The molecule has 1 aliphatic rings. The number of halogens is 2. The van der Waals surface area contributed by atoms with Crippen molar-refractivity contribution in [2.75, 3.05) is 19.6 Å². The number of nitrogens with one attached hydrogen (secondary N) is 1. The minimum Gasteiger partial charge on any atom is -0.392 e. The number of hydrogen-bond acceptors (Lipinski definition) is 4. The molecule has 0 spiro atoms. The molecule has 0 aliphatic carbocycles. The molecular weight excluding hydrogens is 419 g/mol. The first-order valence-corrected chi connectivity index (χ1v) is 11.5. The Morgan fingerprint density at radius 2 is 1.86 bits per heavy atom. The van der Waals surface area contributed by atoms with Crippen LogP contribution in [0.15, 0.2) is 48.5 Å². The molecule has 2 aromatic rings. The number of hydrogen-bond donors (Lipinski definition) is 2. The topological polar surface area (TPSA) is 69.6 Å². The molecular formula is C20H24Cl2N2O3S. The first-order valence-electron chi connectivity index (χ1n) is 9.17. The molecule has 2 aromatic carbocycles. The normalized spacial score (nSPS) is 20.2. The lowest BCUT2D eigenvalue weighted by molar-refractivity contribution is 0.173. The molecule has 0 radical (unpaired) electrons. The van der Waals surface area contributed by atoms with Gasteiger partial charge >= 0.3 is 0 Å². The van der Waals surface area contributed by atoms with Crippen LogP contribution in [-0.2, 0) is 10.0 Å². The maximum absolute atomic E-state index is 13.1. The van der Waals surface area contributed by atoms with Gasteiger partial charge < -0.3 is 5.11 Å².